The lowest BCUT2D eigenvalue weighted by Crippen LogP contribution is -2.37. The van der Waals surface area contributed by atoms with Gasteiger partial charge in [-0.15, -0.1) is 0 Å². The molecular weight excluding hydrogens is 242 g/mol. The molecule has 98 valence electrons. The predicted molar refractivity (Wildman–Crippen MR) is 70.5 cm³/mol. The number of nitrogens with zero attached hydrogens (tertiary/aromatic N) is 1. The molecule has 1 aliphatic rings. The fourth-order valence-corrected chi connectivity index (χ4v) is 2.28. The van der Waals surface area contributed by atoms with Crippen LogP contribution in [0.15, 0.2) is 41.1 Å². The van der Waals surface area contributed by atoms with Gasteiger partial charge in [-0.25, -0.2) is 0 Å². The minimum absolute atomic E-state index is 0.0400. The van der Waals surface area contributed by atoms with Gasteiger partial charge in [-0.1, -0.05) is 23.4 Å². The Bertz CT molecular complexity index is 566. The third-order valence-corrected chi connectivity index (χ3v) is 3.33. The maximum atomic E-state index is 12.1. The van der Waals surface area contributed by atoms with Crippen LogP contribution in [0.2, 0.25) is 0 Å². The van der Waals surface area contributed by atoms with E-state index < -0.39 is 0 Å². The van der Waals surface area contributed by atoms with Crippen molar-refractivity contribution < 1.29 is 9.32 Å². The van der Waals surface area contributed by atoms with Gasteiger partial charge < -0.3 is 15.2 Å². The molecule has 19 heavy (non-hydrogen) atoms. The number of hydrogen-bond donors (Lipinski definition) is 2. The molecule has 0 radical (unpaired) electrons. The lowest BCUT2D eigenvalue weighted by Gasteiger charge is -2.25. The first kappa shape index (κ1) is 11.8. The molecule has 1 aromatic carbocycles. The first-order chi connectivity index (χ1) is 9.33. The van der Waals surface area contributed by atoms with E-state index in [0.717, 1.165) is 17.8 Å². The number of nitrogens with one attached hydrogen (secondary N) is 2. The zero-order chi connectivity index (χ0) is 13.1. The highest BCUT2D eigenvalue weighted by molar-refractivity contribution is 5.80. The van der Waals surface area contributed by atoms with Gasteiger partial charge in [0, 0.05) is 18.3 Å². The average molecular weight is 257 g/mol. The molecule has 1 atom stereocenters. The van der Waals surface area contributed by atoms with Gasteiger partial charge in [0.15, 0.2) is 0 Å². The third kappa shape index (κ3) is 2.59. The van der Waals surface area contributed by atoms with E-state index >= 15 is 0 Å². The first-order valence-electron chi connectivity index (χ1n) is 6.31. The van der Waals surface area contributed by atoms with Gasteiger partial charge in [-0.3, -0.25) is 4.79 Å². The SMILES string of the molecule is O=C(NCc1ccon1)C1CNc2ccccc2C1. The Balaban J connectivity index is 1.60. The third-order valence-electron chi connectivity index (χ3n) is 3.33. The summed E-state index contributed by atoms with van der Waals surface area (Å²) in [6, 6.07) is 9.83. The molecule has 2 heterocycles. The van der Waals surface area contributed by atoms with Crippen LogP contribution < -0.4 is 10.6 Å². The molecule has 1 aliphatic heterocycles. The summed E-state index contributed by atoms with van der Waals surface area (Å²) in [5.41, 5.74) is 3.05. The summed E-state index contributed by atoms with van der Waals surface area (Å²) in [6.45, 7) is 1.08. The number of para-hydroxylation sites is 1. The molecule has 0 spiro atoms. The van der Waals surface area contributed by atoms with Gasteiger partial charge in [-0.05, 0) is 18.1 Å². The lowest BCUT2D eigenvalue weighted by molar-refractivity contribution is -0.124. The van der Waals surface area contributed by atoms with Crippen molar-refractivity contribution in [3.8, 4) is 0 Å². The molecular formula is C14H15N3O2. The molecule has 1 unspecified atom stereocenters. The van der Waals surface area contributed by atoms with Crippen LogP contribution in [-0.4, -0.2) is 17.6 Å². The maximum absolute atomic E-state index is 12.1. The van der Waals surface area contributed by atoms with Crippen LogP contribution in [0.5, 0.6) is 0 Å². The number of carbonyl (C=O) groups is 1. The molecule has 2 aromatic rings. The van der Waals surface area contributed by atoms with Gasteiger partial charge in [-0.2, -0.15) is 0 Å². The monoisotopic (exact) mass is 257 g/mol. The number of carbonyl (C=O) groups excluding carboxylic acids is 1. The van der Waals surface area contributed by atoms with Crippen LogP contribution in [0, 0.1) is 5.92 Å². The Morgan fingerprint density at radius 1 is 1.42 bits per heavy atom. The van der Waals surface area contributed by atoms with Crippen LogP contribution in [0.25, 0.3) is 0 Å². The standard InChI is InChI=1S/C14H15N3O2/c18-14(16-9-12-5-6-19-17-12)11-7-10-3-1-2-4-13(10)15-8-11/h1-6,11,15H,7-9H2,(H,16,18). The summed E-state index contributed by atoms with van der Waals surface area (Å²) in [4.78, 5) is 12.1. The summed E-state index contributed by atoms with van der Waals surface area (Å²) in [7, 11) is 0. The van der Waals surface area contributed by atoms with Crippen molar-refractivity contribution in [3.63, 3.8) is 0 Å². The van der Waals surface area contributed by atoms with Crippen LogP contribution in [-0.2, 0) is 17.8 Å². The second-order valence-corrected chi connectivity index (χ2v) is 4.65. The minimum atomic E-state index is -0.0400. The van der Waals surface area contributed by atoms with Crippen LogP contribution in [0.1, 0.15) is 11.3 Å². The topological polar surface area (TPSA) is 67.2 Å². The summed E-state index contributed by atoms with van der Waals surface area (Å²) >= 11 is 0. The minimum Gasteiger partial charge on any atom is -0.384 e. The molecule has 5 nitrogen and oxygen atoms in total. The number of amides is 1. The Morgan fingerprint density at radius 3 is 3.16 bits per heavy atom. The zero-order valence-electron chi connectivity index (χ0n) is 10.4. The maximum Gasteiger partial charge on any atom is 0.225 e. The van der Waals surface area contributed by atoms with Crippen molar-refractivity contribution in [2.24, 2.45) is 5.92 Å². The number of benzene rings is 1. The molecule has 1 aromatic heterocycles. The molecule has 0 saturated carbocycles. The first-order valence-corrected chi connectivity index (χ1v) is 6.31. The van der Waals surface area contributed by atoms with E-state index in [1.165, 1.54) is 11.8 Å². The smallest absolute Gasteiger partial charge is 0.225 e. The van der Waals surface area contributed by atoms with Crippen molar-refractivity contribution in [1.82, 2.24) is 10.5 Å². The summed E-state index contributed by atoms with van der Waals surface area (Å²) in [5, 5.41) is 9.94. The quantitative estimate of drug-likeness (QED) is 0.876. The average Bonchev–Trinajstić information content (AvgIpc) is 2.97. The van der Waals surface area contributed by atoms with Gasteiger partial charge in [0.25, 0.3) is 0 Å². The van der Waals surface area contributed by atoms with E-state index in [-0.39, 0.29) is 11.8 Å². The molecule has 3 rings (SSSR count). The largest absolute Gasteiger partial charge is 0.384 e. The molecule has 0 saturated heterocycles. The number of fused-ring (bicyclic) bond motifs is 1. The second-order valence-electron chi connectivity index (χ2n) is 4.65. The van der Waals surface area contributed by atoms with Gasteiger partial charge in [0.1, 0.15) is 12.0 Å². The fraction of sp³-hybridized carbons (Fsp3) is 0.286. The van der Waals surface area contributed by atoms with Gasteiger partial charge in [0.05, 0.1) is 12.5 Å². The van der Waals surface area contributed by atoms with Gasteiger partial charge in [0.2, 0.25) is 5.91 Å². The summed E-state index contributed by atoms with van der Waals surface area (Å²) in [5.74, 6) is 0.00630. The summed E-state index contributed by atoms with van der Waals surface area (Å²) in [6.07, 6.45) is 2.27. The van der Waals surface area contributed by atoms with Crippen molar-refractivity contribution in [1.29, 1.82) is 0 Å². The number of aromatic nitrogens is 1. The Kier molecular flexibility index (Phi) is 3.18. The normalized spacial score (nSPS) is 17.4. The summed E-state index contributed by atoms with van der Waals surface area (Å²) < 4.78 is 4.73. The highest BCUT2D eigenvalue weighted by Crippen LogP contribution is 2.24. The second kappa shape index (κ2) is 5.14. The van der Waals surface area contributed by atoms with Gasteiger partial charge >= 0.3 is 0 Å². The van der Waals surface area contributed by atoms with Crippen molar-refractivity contribution in [3.05, 3.63) is 47.9 Å². The van der Waals surface area contributed by atoms with E-state index in [1.54, 1.807) is 6.07 Å². The van der Waals surface area contributed by atoms with E-state index in [4.69, 9.17) is 4.52 Å². The molecule has 5 heteroatoms. The van der Waals surface area contributed by atoms with Crippen LogP contribution >= 0.6 is 0 Å². The Hall–Kier alpha value is -2.30. The molecule has 0 aliphatic carbocycles. The van der Waals surface area contributed by atoms with Crippen molar-refractivity contribution >= 4 is 11.6 Å². The number of rotatable bonds is 3. The molecule has 0 fully saturated rings. The zero-order valence-corrected chi connectivity index (χ0v) is 10.4. The lowest BCUT2D eigenvalue weighted by atomic mass is 9.93. The molecule has 2 N–H and O–H groups in total. The van der Waals surface area contributed by atoms with Crippen LogP contribution in [0.4, 0.5) is 5.69 Å². The van der Waals surface area contributed by atoms with E-state index in [0.29, 0.717) is 13.1 Å². The van der Waals surface area contributed by atoms with Crippen molar-refractivity contribution in [2.45, 2.75) is 13.0 Å². The van der Waals surface area contributed by atoms with Crippen LogP contribution in [0.3, 0.4) is 0 Å². The molecule has 1 amide bonds. The van der Waals surface area contributed by atoms with E-state index in [2.05, 4.69) is 21.9 Å². The van der Waals surface area contributed by atoms with E-state index in [1.807, 2.05) is 18.2 Å². The Labute approximate surface area is 111 Å². The highest BCUT2D eigenvalue weighted by atomic mass is 16.5. The highest BCUT2D eigenvalue weighted by Gasteiger charge is 2.23. The molecule has 0 bridgehead atoms. The number of anilines is 1. The fourth-order valence-electron chi connectivity index (χ4n) is 2.28. The predicted octanol–water partition coefficient (Wildman–Crippen LogP) is 1.58. The van der Waals surface area contributed by atoms with E-state index in [9.17, 15) is 4.79 Å². The number of hydrogen-bond acceptors (Lipinski definition) is 4. The van der Waals surface area contributed by atoms with Crippen molar-refractivity contribution in [2.75, 3.05) is 11.9 Å². The Morgan fingerprint density at radius 2 is 2.32 bits per heavy atom.